The number of amides is 1. The van der Waals surface area contributed by atoms with Crippen molar-refractivity contribution in [3.8, 4) is 0 Å². The first-order valence-electron chi connectivity index (χ1n) is 8.96. The van der Waals surface area contributed by atoms with Crippen molar-refractivity contribution in [1.82, 2.24) is 15.5 Å². The molecule has 1 unspecified atom stereocenters. The van der Waals surface area contributed by atoms with E-state index in [1.165, 1.54) is 0 Å². The summed E-state index contributed by atoms with van der Waals surface area (Å²) in [6.07, 6.45) is 5.49. The number of hydrogen-bond acceptors (Lipinski definition) is 6. The molecule has 0 saturated heterocycles. The number of carbonyl (C=O) groups is 1. The van der Waals surface area contributed by atoms with Crippen molar-refractivity contribution in [3.63, 3.8) is 0 Å². The van der Waals surface area contributed by atoms with Gasteiger partial charge in [-0.15, -0.1) is 5.10 Å². The molecule has 1 aromatic heterocycles. The van der Waals surface area contributed by atoms with Crippen LogP contribution in [0.4, 0.5) is 0 Å². The lowest BCUT2D eigenvalue weighted by Gasteiger charge is -2.17. The van der Waals surface area contributed by atoms with Crippen molar-refractivity contribution >= 4 is 15.7 Å². The second-order valence-electron chi connectivity index (χ2n) is 7.31. The highest BCUT2D eigenvalue weighted by molar-refractivity contribution is 7.92. The number of rotatable bonds is 7. The van der Waals surface area contributed by atoms with E-state index in [1.54, 1.807) is 12.3 Å². The Kier molecular flexibility index (Phi) is 5.38. The van der Waals surface area contributed by atoms with Crippen molar-refractivity contribution in [3.05, 3.63) is 23.5 Å². The first-order chi connectivity index (χ1) is 11.9. The SMILES string of the molecule is C[C@H]1CC(S(=O)(=O)CCCN)C[C@H]1NC(=O)c1cc(C2CC2)cnn1. The van der Waals surface area contributed by atoms with E-state index in [1.807, 2.05) is 6.92 Å². The maximum atomic E-state index is 12.5. The monoisotopic (exact) mass is 366 g/mol. The van der Waals surface area contributed by atoms with Crippen molar-refractivity contribution < 1.29 is 13.2 Å². The minimum atomic E-state index is -3.16. The third-order valence-corrected chi connectivity index (χ3v) is 7.51. The van der Waals surface area contributed by atoms with Crippen molar-refractivity contribution in [2.45, 2.75) is 56.2 Å². The van der Waals surface area contributed by atoms with Crippen molar-refractivity contribution in [2.24, 2.45) is 11.7 Å². The fourth-order valence-corrected chi connectivity index (χ4v) is 5.51. The maximum Gasteiger partial charge on any atom is 0.272 e. The fourth-order valence-electron chi connectivity index (χ4n) is 3.51. The molecule has 1 heterocycles. The average molecular weight is 366 g/mol. The molecule has 7 nitrogen and oxygen atoms in total. The third-order valence-electron chi connectivity index (χ3n) is 5.25. The zero-order chi connectivity index (χ0) is 18.0. The van der Waals surface area contributed by atoms with Gasteiger partial charge < -0.3 is 11.1 Å². The van der Waals surface area contributed by atoms with Crippen LogP contribution in [-0.2, 0) is 9.84 Å². The molecule has 25 heavy (non-hydrogen) atoms. The molecule has 8 heteroatoms. The van der Waals surface area contributed by atoms with Gasteiger partial charge in [0.05, 0.1) is 17.2 Å². The van der Waals surface area contributed by atoms with Gasteiger partial charge >= 0.3 is 0 Å². The minimum Gasteiger partial charge on any atom is -0.348 e. The second kappa shape index (κ2) is 7.37. The Morgan fingerprint density at radius 2 is 2.12 bits per heavy atom. The highest BCUT2D eigenvalue weighted by Crippen LogP contribution is 2.39. The Bertz CT molecular complexity index is 733. The second-order valence-corrected chi connectivity index (χ2v) is 9.71. The summed E-state index contributed by atoms with van der Waals surface area (Å²) in [5, 5.41) is 10.4. The van der Waals surface area contributed by atoms with Crippen LogP contribution in [0, 0.1) is 5.92 Å². The third kappa shape index (κ3) is 4.36. The van der Waals surface area contributed by atoms with Gasteiger partial charge in [-0.25, -0.2) is 8.42 Å². The van der Waals surface area contributed by atoms with Gasteiger partial charge in [0.15, 0.2) is 15.5 Å². The normalized spacial score (nSPS) is 26.6. The Labute approximate surface area is 148 Å². The summed E-state index contributed by atoms with van der Waals surface area (Å²) in [6, 6.07) is 1.64. The minimum absolute atomic E-state index is 0.112. The van der Waals surface area contributed by atoms with Gasteiger partial charge in [0.1, 0.15) is 0 Å². The molecule has 0 radical (unpaired) electrons. The van der Waals surface area contributed by atoms with Gasteiger partial charge in [-0.3, -0.25) is 4.79 Å². The molecule has 0 aromatic carbocycles. The molecule has 2 aliphatic rings. The molecule has 0 spiro atoms. The molecule has 2 aliphatic carbocycles. The lowest BCUT2D eigenvalue weighted by Crippen LogP contribution is -2.37. The number of sulfone groups is 1. The molecule has 1 aromatic rings. The van der Waals surface area contributed by atoms with Crippen LogP contribution < -0.4 is 11.1 Å². The summed E-state index contributed by atoms with van der Waals surface area (Å²) in [6.45, 7) is 2.35. The lowest BCUT2D eigenvalue weighted by atomic mass is 10.1. The summed E-state index contributed by atoms with van der Waals surface area (Å²) in [7, 11) is -3.16. The van der Waals surface area contributed by atoms with Crippen LogP contribution in [0.25, 0.3) is 0 Å². The summed E-state index contributed by atoms with van der Waals surface area (Å²) >= 11 is 0. The zero-order valence-corrected chi connectivity index (χ0v) is 15.3. The predicted octanol–water partition coefficient (Wildman–Crippen LogP) is 1.01. The van der Waals surface area contributed by atoms with E-state index in [-0.39, 0.29) is 23.6 Å². The van der Waals surface area contributed by atoms with Gasteiger partial charge in [0, 0.05) is 6.04 Å². The highest BCUT2D eigenvalue weighted by Gasteiger charge is 2.39. The molecular formula is C17H26N4O3S. The molecule has 0 bridgehead atoms. The van der Waals surface area contributed by atoms with E-state index in [4.69, 9.17) is 5.73 Å². The fraction of sp³-hybridized carbons (Fsp3) is 0.706. The topological polar surface area (TPSA) is 115 Å². The Balaban J connectivity index is 1.62. The zero-order valence-electron chi connectivity index (χ0n) is 14.5. The van der Waals surface area contributed by atoms with Crippen LogP contribution in [-0.4, -0.2) is 48.1 Å². The van der Waals surface area contributed by atoms with Crippen LogP contribution in [0.5, 0.6) is 0 Å². The van der Waals surface area contributed by atoms with E-state index in [2.05, 4.69) is 15.5 Å². The van der Waals surface area contributed by atoms with Crippen molar-refractivity contribution in [1.29, 1.82) is 0 Å². The van der Waals surface area contributed by atoms with Crippen LogP contribution in [0.1, 0.15) is 61.0 Å². The smallest absolute Gasteiger partial charge is 0.272 e. The largest absolute Gasteiger partial charge is 0.348 e. The molecule has 138 valence electrons. The van der Waals surface area contributed by atoms with Crippen LogP contribution >= 0.6 is 0 Å². The average Bonchev–Trinajstić information content (AvgIpc) is 3.38. The van der Waals surface area contributed by atoms with E-state index in [0.717, 1.165) is 18.4 Å². The number of nitrogens with two attached hydrogens (primary N) is 1. The predicted molar refractivity (Wildman–Crippen MR) is 94.9 cm³/mol. The number of hydrogen-bond donors (Lipinski definition) is 2. The van der Waals surface area contributed by atoms with E-state index < -0.39 is 15.1 Å². The highest BCUT2D eigenvalue weighted by atomic mass is 32.2. The van der Waals surface area contributed by atoms with Crippen LogP contribution in [0.15, 0.2) is 12.3 Å². The summed E-state index contributed by atoms with van der Waals surface area (Å²) < 4.78 is 24.7. The van der Waals surface area contributed by atoms with E-state index in [0.29, 0.717) is 37.4 Å². The Morgan fingerprint density at radius 3 is 2.80 bits per heavy atom. The molecule has 0 aliphatic heterocycles. The summed E-state index contributed by atoms with van der Waals surface area (Å²) in [4.78, 5) is 12.5. The number of nitrogens with zero attached hydrogens (tertiary/aromatic N) is 2. The molecule has 2 fully saturated rings. The maximum absolute atomic E-state index is 12.5. The molecule has 3 atom stereocenters. The first kappa shape index (κ1) is 18.3. The van der Waals surface area contributed by atoms with Crippen molar-refractivity contribution in [2.75, 3.05) is 12.3 Å². The van der Waals surface area contributed by atoms with E-state index >= 15 is 0 Å². The number of nitrogens with one attached hydrogen (secondary N) is 1. The van der Waals surface area contributed by atoms with Crippen LogP contribution in [0.2, 0.25) is 0 Å². The lowest BCUT2D eigenvalue weighted by molar-refractivity contribution is 0.0923. The molecule has 3 rings (SSSR count). The summed E-state index contributed by atoms with van der Waals surface area (Å²) in [5.74, 6) is 0.466. The van der Waals surface area contributed by atoms with Gasteiger partial charge in [0.2, 0.25) is 0 Å². The van der Waals surface area contributed by atoms with Gasteiger partial charge in [-0.1, -0.05) is 6.92 Å². The quantitative estimate of drug-likeness (QED) is 0.744. The van der Waals surface area contributed by atoms with Crippen LogP contribution in [0.3, 0.4) is 0 Å². The first-order valence-corrected chi connectivity index (χ1v) is 10.7. The Morgan fingerprint density at radius 1 is 1.36 bits per heavy atom. The van der Waals surface area contributed by atoms with E-state index in [9.17, 15) is 13.2 Å². The van der Waals surface area contributed by atoms with Gasteiger partial charge in [0.25, 0.3) is 5.91 Å². The molecule has 2 saturated carbocycles. The standard InChI is InChI=1S/C17H26N4O3S/c1-11-7-14(25(23,24)6-2-5-18)9-15(11)20-17(22)16-8-13(10-19-21-16)12-3-4-12/h8,10-12,14-15H,2-7,9,18H2,1H3,(H,20,22)/t11-,14?,15+/m0/s1. The number of carbonyl (C=O) groups excluding carboxylic acids is 1. The van der Waals surface area contributed by atoms with Gasteiger partial charge in [-0.05, 0) is 62.1 Å². The number of aromatic nitrogens is 2. The molecule has 3 N–H and O–H groups in total. The van der Waals surface area contributed by atoms with Gasteiger partial charge in [-0.2, -0.15) is 5.10 Å². The molecular weight excluding hydrogens is 340 g/mol. The summed E-state index contributed by atoms with van der Waals surface area (Å²) in [5.41, 5.74) is 6.79. The molecule has 1 amide bonds. The Hall–Kier alpha value is -1.54.